The van der Waals surface area contributed by atoms with Crippen LogP contribution in [0.4, 0.5) is 4.79 Å². The van der Waals surface area contributed by atoms with Crippen molar-refractivity contribution in [3.8, 4) is 0 Å². The molecule has 0 fully saturated rings. The molecule has 2 amide bonds. The fourth-order valence-corrected chi connectivity index (χ4v) is 2.57. The van der Waals surface area contributed by atoms with Gasteiger partial charge in [0.2, 0.25) is 0 Å². The van der Waals surface area contributed by atoms with Gasteiger partial charge in [-0.05, 0) is 23.4 Å². The predicted molar refractivity (Wildman–Crippen MR) is 77.1 cm³/mol. The van der Waals surface area contributed by atoms with E-state index in [-0.39, 0.29) is 0 Å². The number of carboxylic acids is 1. The minimum Gasteiger partial charge on any atom is -0.480 e. The van der Waals surface area contributed by atoms with Crippen LogP contribution in [0.3, 0.4) is 0 Å². The summed E-state index contributed by atoms with van der Waals surface area (Å²) < 4.78 is 4.39. The van der Waals surface area contributed by atoms with E-state index in [0.29, 0.717) is 6.54 Å². The zero-order valence-electron chi connectivity index (χ0n) is 11.8. The lowest BCUT2D eigenvalue weighted by molar-refractivity contribution is -0.147. The molecular formula is C13H18N2O5S. The standard InChI is InChI=1S/C13H18N2O5S/c1-3-8-4-5-21-10(8)7-14-13(19)15-9(12(17)18)6-11(16)20-2/h4-5,9H,3,6-7H2,1-2H3,(H,17,18)(H2,14,15,19)/t9-/m0/s1. The van der Waals surface area contributed by atoms with E-state index in [1.165, 1.54) is 11.3 Å². The third-order valence-electron chi connectivity index (χ3n) is 2.83. The SMILES string of the molecule is CCc1ccsc1CNC(=O)N[C@@H](CC(=O)OC)C(=O)O. The van der Waals surface area contributed by atoms with Gasteiger partial charge in [0, 0.05) is 4.88 Å². The molecule has 1 atom stereocenters. The van der Waals surface area contributed by atoms with E-state index in [4.69, 9.17) is 5.11 Å². The van der Waals surface area contributed by atoms with Crippen LogP contribution in [-0.2, 0) is 27.3 Å². The number of hydrogen-bond acceptors (Lipinski definition) is 5. The molecule has 0 aliphatic carbocycles. The Hall–Kier alpha value is -2.09. The number of methoxy groups -OCH3 is 1. The second-order valence-electron chi connectivity index (χ2n) is 4.22. The number of aliphatic carboxylic acids is 1. The van der Waals surface area contributed by atoms with Gasteiger partial charge in [0.1, 0.15) is 6.04 Å². The average molecular weight is 314 g/mol. The molecule has 1 aromatic rings. The van der Waals surface area contributed by atoms with Crippen LogP contribution in [0.5, 0.6) is 0 Å². The lowest BCUT2D eigenvalue weighted by Crippen LogP contribution is -2.46. The number of aryl methyl sites for hydroxylation is 1. The van der Waals surface area contributed by atoms with Gasteiger partial charge in [0.15, 0.2) is 0 Å². The van der Waals surface area contributed by atoms with Gasteiger partial charge < -0.3 is 20.5 Å². The second-order valence-corrected chi connectivity index (χ2v) is 5.22. The second kappa shape index (κ2) is 8.25. The summed E-state index contributed by atoms with van der Waals surface area (Å²) in [5.74, 6) is -1.99. The highest BCUT2D eigenvalue weighted by Crippen LogP contribution is 2.16. The van der Waals surface area contributed by atoms with Crippen molar-refractivity contribution in [1.29, 1.82) is 0 Å². The minimum absolute atomic E-state index is 0.317. The summed E-state index contributed by atoms with van der Waals surface area (Å²) in [5, 5.41) is 15.7. The first-order valence-corrected chi connectivity index (χ1v) is 7.25. The molecule has 1 rings (SSSR count). The van der Waals surface area contributed by atoms with E-state index < -0.39 is 30.4 Å². The molecule has 0 unspecified atom stereocenters. The van der Waals surface area contributed by atoms with Crippen molar-refractivity contribution in [1.82, 2.24) is 10.6 Å². The highest BCUT2D eigenvalue weighted by atomic mass is 32.1. The summed E-state index contributed by atoms with van der Waals surface area (Å²) in [5.41, 5.74) is 1.14. The van der Waals surface area contributed by atoms with Crippen LogP contribution < -0.4 is 10.6 Å². The van der Waals surface area contributed by atoms with E-state index in [1.54, 1.807) is 0 Å². The summed E-state index contributed by atoms with van der Waals surface area (Å²) in [4.78, 5) is 34.8. The predicted octanol–water partition coefficient (Wildman–Crippen LogP) is 1.13. The third-order valence-corrected chi connectivity index (χ3v) is 3.79. The molecule has 0 bridgehead atoms. The Labute approximate surface area is 126 Å². The number of thiophene rings is 1. The Morgan fingerprint density at radius 3 is 2.71 bits per heavy atom. The maximum atomic E-state index is 11.7. The average Bonchev–Trinajstić information content (AvgIpc) is 2.91. The molecule has 21 heavy (non-hydrogen) atoms. The number of nitrogens with one attached hydrogen (secondary N) is 2. The summed E-state index contributed by atoms with van der Waals surface area (Å²) in [7, 11) is 1.16. The Kier molecular flexibility index (Phi) is 6.67. The van der Waals surface area contributed by atoms with Crippen molar-refractivity contribution in [2.24, 2.45) is 0 Å². The van der Waals surface area contributed by atoms with Crippen molar-refractivity contribution in [2.75, 3.05) is 7.11 Å². The van der Waals surface area contributed by atoms with Gasteiger partial charge in [-0.1, -0.05) is 6.92 Å². The fourth-order valence-electron chi connectivity index (χ4n) is 1.66. The summed E-state index contributed by atoms with van der Waals surface area (Å²) in [6.45, 7) is 2.33. The van der Waals surface area contributed by atoms with Gasteiger partial charge in [-0.15, -0.1) is 11.3 Å². The van der Waals surface area contributed by atoms with Crippen LogP contribution in [0, 0.1) is 0 Å². The Balaban J connectivity index is 2.50. The molecule has 0 aromatic carbocycles. The number of amides is 2. The Morgan fingerprint density at radius 1 is 1.43 bits per heavy atom. The first kappa shape index (κ1) is 17.0. The zero-order valence-corrected chi connectivity index (χ0v) is 12.7. The summed E-state index contributed by atoms with van der Waals surface area (Å²) in [6.07, 6.45) is 0.445. The lowest BCUT2D eigenvalue weighted by Gasteiger charge is -2.14. The highest BCUT2D eigenvalue weighted by Gasteiger charge is 2.23. The van der Waals surface area contributed by atoms with Crippen LogP contribution in [0.15, 0.2) is 11.4 Å². The smallest absolute Gasteiger partial charge is 0.326 e. The first-order chi connectivity index (χ1) is 9.97. The minimum atomic E-state index is -1.31. The Bertz CT molecular complexity index is 514. The van der Waals surface area contributed by atoms with Gasteiger partial charge in [-0.25, -0.2) is 9.59 Å². The van der Waals surface area contributed by atoms with Gasteiger partial charge in [0.25, 0.3) is 0 Å². The molecule has 116 valence electrons. The molecule has 3 N–H and O–H groups in total. The summed E-state index contributed by atoms with van der Waals surface area (Å²) >= 11 is 1.52. The number of carbonyl (C=O) groups excluding carboxylic acids is 2. The van der Waals surface area contributed by atoms with E-state index in [9.17, 15) is 14.4 Å². The molecule has 1 heterocycles. The van der Waals surface area contributed by atoms with Crippen LogP contribution in [0.2, 0.25) is 0 Å². The lowest BCUT2D eigenvalue weighted by atomic mass is 10.2. The van der Waals surface area contributed by atoms with Crippen LogP contribution in [-0.4, -0.2) is 36.2 Å². The number of esters is 1. The van der Waals surface area contributed by atoms with Crippen LogP contribution in [0.25, 0.3) is 0 Å². The van der Waals surface area contributed by atoms with Crippen molar-refractivity contribution < 1.29 is 24.2 Å². The van der Waals surface area contributed by atoms with Gasteiger partial charge >= 0.3 is 18.0 Å². The van der Waals surface area contributed by atoms with Gasteiger partial charge in [-0.3, -0.25) is 4.79 Å². The maximum absolute atomic E-state index is 11.7. The van der Waals surface area contributed by atoms with Crippen molar-refractivity contribution in [3.63, 3.8) is 0 Å². The molecule has 0 spiro atoms. The van der Waals surface area contributed by atoms with E-state index in [0.717, 1.165) is 24.0 Å². The van der Waals surface area contributed by atoms with Crippen LogP contribution >= 0.6 is 11.3 Å². The van der Waals surface area contributed by atoms with Crippen molar-refractivity contribution in [3.05, 3.63) is 21.9 Å². The van der Waals surface area contributed by atoms with E-state index in [2.05, 4.69) is 15.4 Å². The number of carboxylic acid groups (broad SMARTS) is 1. The van der Waals surface area contributed by atoms with Gasteiger partial charge in [0.05, 0.1) is 20.1 Å². The first-order valence-electron chi connectivity index (χ1n) is 6.37. The molecule has 7 nitrogen and oxygen atoms in total. The summed E-state index contributed by atoms with van der Waals surface area (Å²) in [6, 6.07) is 0.0323. The van der Waals surface area contributed by atoms with Gasteiger partial charge in [-0.2, -0.15) is 0 Å². The molecule has 0 radical (unpaired) electrons. The van der Waals surface area contributed by atoms with E-state index >= 15 is 0 Å². The monoisotopic (exact) mass is 314 g/mol. The largest absolute Gasteiger partial charge is 0.480 e. The molecule has 8 heteroatoms. The number of carbonyl (C=O) groups is 3. The molecule has 0 aliphatic heterocycles. The number of hydrogen-bond donors (Lipinski definition) is 3. The normalized spacial score (nSPS) is 11.5. The third kappa shape index (κ3) is 5.42. The maximum Gasteiger partial charge on any atom is 0.326 e. The number of urea groups is 1. The number of rotatable bonds is 7. The Morgan fingerprint density at radius 2 is 2.14 bits per heavy atom. The van der Waals surface area contributed by atoms with Crippen molar-refractivity contribution in [2.45, 2.75) is 32.4 Å². The quantitative estimate of drug-likeness (QED) is 0.654. The molecule has 0 saturated carbocycles. The molecular weight excluding hydrogens is 296 g/mol. The fraction of sp³-hybridized carbons (Fsp3) is 0.462. The van der Waals surface area contributed by atoms with E-state index in [1.807, 2.05) is 18.4 Å². The van der Waals surface area contributed by atoms with Crippen LogP contribution in [0.1, 0.15) is 23.8 Å². The zero-order chi connectivity index (χ0) is 15.8. The topological polar surface area (TPSA) is 105 Å². The molecule has 1 aromatic heterocycles. The molecule has 0 aliphatic rings. The number of ether oxygens (including phenoxy) is 1. The highest BCUT2D eigenvalue weighted by molar-refractivity contribution is 7.10. The van der Waals surface area contributed by atoms with Crippen molar-refractivity contribution >= 4 is 29.3 Å². The molecule has 0 saturated heterocycles.